The molecule has 4 rings (SSSR count). The summed E-state index contributed by atoms with van der Waals surface area (Å²) >= 11 is 0. The predicted octanol–water partition coefficient (Wildman–Crippen LogP) is 7.50. The summed E-state index contributed by atoms with van der Waals surface area (Å²) in [6.45, 7) is 6.38. The quantitative estimate of drug-likeness (QED) is 0.158. The van der Waals surface area contributed by atoms with Crippen LogP contribution in [-0.4, -0.2) is 11.7 Å². The normalized spacial score (nSPS) is 13.9. The highest BCUT2D eigenvalue weighted by molar-refractivity contribution is 6.00. The van der Waals surface area contributed by atoms with E-state index >= 15 is 0 Å². The van der Waals surface area contributed by atoms with Crippen LogP contribution < -0.4 is 5.73 Å². The fourth-order valence-electron chi connectivity index (χ4n) is 5.15. The van der Waals surface area contributed by atoms with Crippen LogP contribution in [0.4, 0.5) is 5.69 Å². The van der Waals surface area contributed by atoms with Crippen molar-refractivity contribution in [3.63, 3.8) is 0 Å². The minimum atomic E-state index is -0.454. The van der Waals surface area contributed by atoms with Crippen LogP contribution in [0.3, 0.4) is 0 Å². The molecule has 3 aromatic carbocycles. The number of benzene rings is 3. The van der Waals surface area contributed by atoms with Crippen LogP contribution in [0.1, 0.15) is 86.3 Å². The molecule has 4 heteroatoms. The van der Waals surface area contributed by atoms with E-state index in [0.717, 1.165) is 49.8 Å². The highest BCUT2D eigenvalue weighted by atomic mass is 16.7. The van der Waals surface area contributed by atoms with Crippen LogP contribution >= 0.6 is 0 Å². The van der Waals surface area contributed by atoms with Crippen molar-refractivity contribution in [1.82, 2.24) is 0 Å². The average molecular weight is 455 g/mol. The van der Waals surface area contributed by atoms with Crippen molar-refractivity contribution >= 4 is 17.4 Å². The molecule has 0 amide bonds. The Morgan fingerprint density at radius 1 is 0.853 bits per heavy atom. The van der Waals surface area contributed by atoms with E-state index in [4.69, 9.17) is 10.6 Å². The van der Waals surface area contributed by atoms with Gasteiger partial charge >= 0.3 is 5.97 Å². The van der Waals surface area contributed by atoms with Crippen molar-refractivity contribution in [3.05, 3.63) is 89.0 Å². The second-order valence-electron chi connectivity index (χ2n) is 9.28. The van der Waals surface area contributed by atoms with Crippen molar-refractivity contribution in [2.45, 2.75) is 64.7 Å². The summed E-state index contributed by atoms with van der Waals surface area (Å²) < 4.78 is 0. The van der Waals surface area contributed by atoms with Gasteiger partial charge in [0.25, 0.3) is 0 Å². The number of nitrogen functional groups attached to an aromatic ring is 1. The lowest BCUT2D eigenvalue weighted by atomic mass is 9.70. The Bertz CT molecular complexity index is 1190. The van der Waals surface area contributed by atoms with E-state index in [0.29, 0.717) is 11.3 Å². The molecule has 4 nitrogen and oxygen atoms in total. The maximum Gasteiger partial charge on any atom is 0.365 e. The molecule has 3 aromatic rings. The molecule has 1 aliphatic carbocycles. The van der Waals surface area contributed by atoms with E-state index in [2.05, 4.69) is 49.3 Å². The van der Waals surface area contributed by atoms with E-state index in [-0.39, 0.29) is 5.41 Å². The molecular weight excluding hydrogens is 420 g/mol. The predicted molar refractivity (Wildman–Crippen MR) is 140 cm³/mol. The topological polar surface area (TPSA) is 64.7 Å². The van der Waals surface area contributed by atoms with Crippen LogP contribution in [0.2, 0.25) is 0 Å². The zero-order valence-corrected chi connectivity index (χ0v) is 20.4. The SMILES string of the molecule is CCCCC1(CCCC)c2cc(N)ccc2-c2ccc(/C(C)=N/OC(=O)c3ccccc3)cc21. The van der Waals surface area contributed by atoms with Gasteiger partial charge in [-0.15, -0.1) is 0 Å². The van der Waals surface area contributed by atoms with Crippen LogP contribution in [0.15, 0.2) is 71.9 Å². The van der Waals surface area contributed by atoms with Gasteiger partial charge in [0.05, 0.1) is 11.3 Å². The van der Waals surface area contributed by atoms with Crippen LogP contribution in [-0.2, 0) is 10.3 Å². The maximum absolute atomic E-state index is 12.3. The Kier molecular flexibility index (Phi) is 7.16. The molecule has 0 fully saturated rings. The van der Waals surface area contributed by atoms with E-state index in [9.17, 15) is 4.79 Å². The largest absolute Gasteiger partial charge is 0.399 e. The van der Waals surface area contributed by atoms with E-state index in [1.54, 1.807) is 12.1 Å². The van der Waals surface area contributed by atoms with Gasteiger partial charge in [-0.3, -0.25) is 0 Å². The van der Waals surface area contributed by atoms with Gasteiger partial charge in [-0.05, 0) is 77.9 Å². The maximum atomic E-state index is 12.3. The van der Waals surface area contributed by atoms with Crippen molar-refractivity contribution in [2.75, 3.05) is 5.73 Å². The summed E-state index contributed by atoms with van der Waals surface area (Å²) in [6.07, 6.45) is 6.80. The third kappa shape index (κ3) is 4.50. The van der Waals surface area contributed by atoms with Gasteiger partial charge in [0.2, 0.25) is 0 Å². The fourth-order valence-corrected chi connectivity index (χ4v) is 5.15. The van der Waals surface area contributed by atoms with E-state index in [1.807, 2.05) is 31.2 Å². The highest BCUT2D eigenvalue weighted by Gasteiger charge is 2.42. The van der Waals surface area contributed by atoms with Gasteiger partial charge in [-0.25, -0.2) is 4.79 Å². The van der Waals surface area contributed by atoms with Gasteiger partial charge in [0, 0.05) is 11.1 Å². The number of carbonyl (C=O) groups excluding carboxylic acids is 1. The van der Waals surface area contributed by atoms with Gasteiger partial charge in [-0.1, -0.05) is 81.1 Å². The number of rotatable bonds is 9. The molecule has 0 atom stereocenters. The molecule has 0 aromatic heterocycles. The van der Waals surface area contributed by atoms with Gasteiger partial charge in [0.1, 0.15) is 0 Å². The fraction of sp³-hybridized carbons (Fsp3) is 0.333. The number of anilines is 1. The van der Waals surface area contributed by atoms with Crippen molar-refractivity contribution < 1.29 is 9.63 Å². The molecule has 0 aliphatic heterocycles. The minimum Gasteiger partial charge on any atom is -0.399 e. The lowest BCUT2D eigenvalue weighted by Crippen LogP contribution is -2.26. The third-order valence-corrected chi connectivity index (χ3v) is 6.99. The van der Waals surface area contributed by atoms with E-state index < -0.39 is 5.97 Å². The summed E-state index contributed by atoms with van der Waals surface area (Å²) in [6, 6.07) is 21.8. The zero-order chi connectivity index (χ0) is 24.1. The van der Waals surface area contributed by atoms with Crippen molar-refractivity contribution in [2.24, 2.45) is 5.16 Å². The Morgan fingerprint density at radius 3 is 2.12 bits per heavy atom. The number of unbranched alkanes of at least 4 members (excludes halogenated alkanes) is 2. The molecular formula is C30H34N2O2. The third-order valence-electron chi connectivity index (χ3n) is 6.99. The standard InChI is InChI=1S/C30H34N2O2/c1-4-6-17-30(18-7-5-2)27-19-23(13-15-25(27)26-16-14-24(31)20-28(26)30)21(3)32-34-29(33)22-11-9-8-10-12-22/h8-16,19-20H,4-7,17-18,31H2,1-3H3/b32-21+. The number of nitrogens with zero attached hydrogens (tertiary/aromatic N) is 1. The smallest absolute Gasteiger partial charge is 0.365 e. The molecule has 2 N–H and O–H groups in total. The lowest BCUT2D eigenvalue weighted by molar-refractivity contribution is 0.0516. The first-order chi connectivity index (χ1) is 16.5. The molecule has 0 spiro atoms. The lowest BCUT2D eigenvalue weighted by Gasteiger charge is -2.33. The Morgan fingerprint density at radius 2 is 1.47 bits per heavy atom. The number of hydrogen-bond acceptors (Lipinski definition) is 4. The van der Waals surface area contributed by atoms with Gasteiger partial charge in [0.15, 0.2) is 0 Å². The van der Waals surface area contributed by atoms with Crippen LogP contribution in [0.25, 0.3) is 11.1 Å². The second kappa shape index (κ2) is 10.3. The van der Waals surface area contributed by atoms with Crippen LogP contribution in [0, 0.1) is 0 Å². The minimum absolute atomic E-state index is 0.0525. The first kappa shape index (κ1) is 23.7. The van der Waals surface area contributed by atoms with E-state index in [1.165, 1.54) is 22.3 Å². The molecule has 0 saturated heterocycles. The summed E-state index contributed by atoms with van der Waals surface area (Å²) in [4.78, 5) is 17.6. The highest BCUT2D eigenvalue weighted by Crippen LogP contribution is 2.54. The average Bonchev–Trinajstić information content (AvgIpc) is 3.13. The van der Waals surface area contributed by atoms with Crippen molar-refractivity contribution in [3.8, 4) is 11.1 Å². The molecule has 0 unspecified atom stereocenters. The number of nitrogens with two attached hydrogens (primary N) is 1. The summed E-state index contributed by atoms with van der Waals surface area (Å²) in [5.74, 6) is -0.454. The summed E-state index contributed by atoms with van der Waals surface area (Å²) in [5.41, 5.74) is 14.4. The molecule has 0 heterocycles. The zero-order valence-electron chi connectivity index (χ0n) is 20.4. The second-order valence-corrected chi connectivity index (χ2v) is 9.28. The molecule has 0 bridgehead atoms. The Balaban J connectivity index is 1.73. The number of carbonyl (C=O) groups is 1. The molecule has 176 valence electrons. The van der Waals surface area contributed by atoms with Crippen LogP contribution in [0.5, 0.6) is 0 Å². The molecule has 1 aliphatic rings. The number of hydrogen-bond donors (Lipinski definition) is 1. The summed E-state index contributed by atoms with van der Waals surface area (Å²) in [7, 11) is 0. The molecule has 34 heavy (non-hydrogen) atoms. The number of fused-ring (bicyclic) bond motifs is 3. The molecule has 0 radical (unpaired) electrons. The Hall–Kier alpha value is -3.40. The Labute approximate surface area is 202 Å². The first-order valence-corrected chi connectivity index (χ1v) is 12.4. The summed E-state index contributed by atoms with van der Waals surface area (Å²) in [5, 5.41) is 4.18. The first-order valence-electron chi connectivity index (χ1n) is 12.4. The van der Waals surface area contributed by atoms with Gasteiger partial charge in [-0.2, -0.15) is 0 Å². The monoisotopic (exact) mass is 454 g/mol. The van der Waals surface area contributed by atoms with Crippen molar-refractivity contribution in [1.29, 1.82) is 0 Å². The van der Waals surface area contributed by atoms with Gasteiger partial charge < -0.3 is 10.6 Å². The molecule has 0 saturated carbocycles. The number of oxime groups is 1.